The van der Waals surface area contributed by atoms with E-state index in [1.807, 2.05) is 32.0 Å². The fraction of sp³-hybridized carbons (Fsp3) is 0.381. The van der Waals surface area contributed by atoms with Gasteiger partial charge in [-0.2, -0.15) is 0 Å². The molecule has 2 aromatic rings. The quantitative estimate of drug-likeness (QED) is 0.907. The first-order valence-corrected chi connectivity index (χ1v) is 8.77. The van der Waals surface area contributed by atoms with Crippen molar-refractivity contribution in [3.8, 4) is 0 Å². The zero-order valence-electron chi connectivity index (χ0n) is 14.6. The van der Waals surface area contributed by atoms with E-state index < -0.39 is 0 Å². The highest BCUT2D eigenvalue weighted by molar-refractivity contribution is 5.95. The van der Waals surface area contributed by atoms with Gasteiger partial charge in [0.1, 0.15) is 0 Å². The standard InChI is InChI=1S/C21H26N2O/c1-16-5-10-20(17(2)13-16)21(24)22-14-18-6-8-19(9-7-18)15-23-11-3-4-12-23/h5-10,13H,3-4,11-12,14-15H2,1-2H3,(H,22,24). The van der Waals surface area contributed by atoms with Gasteiger partial charge in [0.15, 0.2) is 0 Å². The van der Waals surface area contributed by atoms with Crippen molar-refractivity contribution >= 4 is 5.91 Å². The first kappa shape index (κ1) is 16.7. The summed E-state index contributed by atoms with van der Waals surface area (Å²) in [6.45, 7) is 8.06. The Kier molecular flexibility index (Phi) is 5.31. The number of carbonyl (C=O) groups is 1. The zero-order chi connectivity index (χ0) is 16.9. The van der Waals surface area contributed by atoms with Gasteiger partial charge in [-0.15, -0.1) is 0 Å². The Bertz CT molecular complexity index is 700. The van der Waals surface area contributed by atoms with E-state index in [4.69, 9.17) is 0 Å². The van der Waals surface area contributed by atoms with Gasteiger partial charge in [-0.1, -0.05) is 42.0 Å². The minimum absolute atomic E-state index is 0.00589. The molecule has 0 unspecified atom stereocenters. The molecule has 0 atom stereocenters. The van der Waals surface area contributed by atoms with Gasteiger partial charge in [0, 0.05) is 18.7 Å². The Morgan fingerprint density at radius 3 is 2.33 bits per heavy atom. The van der Waals surface area contributed by atoms with Crippen LogP contribution in [0.4, 0.5) is 0 Å². The van der Waals surface area contributed by atoms with E-state index in [0.29, 0.717) is 6.54 Å². The van der Waals surface area contributed by atoms with Crippen LogP contribution < -0.4 is 5.32 Å². The average Bonchev–Trinajstić information content (AvgIpc) is 3.07. The van der Waals surface area contributed by atoms with Crippen molar-refractivity contribution in [2.45, 2.75) is 39.8 Å². The van der Waals surface area contributed by atoms with Crippen molar-refractivity contribution < 1.29 is 4.79 Å². The van der Waals surface area contributed by atoms with Crippen LogP contribution in [0.5, 0.6) is 0 Å². The summed E-state index contributed by atoms with van der Waals surface area (Å²) in [5.41, 5.74) is 5.44. The van der Waals surface area contributed by atoms with Crippen LogP contribution in [0.2, 0.25) is 0 Å². The third-order valence-electron chi connectivity index (χ3n) is 4.71. The van der Waals surface area contributed by atoms with Crippen LogP contribution in [0.3, 0.4) is 0 Å². The first-order valence-electron chi connectivity index (χ1n) is 8.77. The highest BCUT2D eigenvalue weighted by Crippen LogP contribution is 2.14. The second kappa shape index (κ2) is 7.63. The molecular formula is C21H26N2O. The van der Waals surface area contributed by atoms with Crippen molar-refractivity contribution in [2.75, 3.05) is 13.1 Å². The molecule has 3 nitrogen and oxygen atoms in total. The molecule has 0 bridgehead atoms. The lowest BCUT2D eigenvalue weighted by atomic mass is 10.1. The lowest BCUT2D eigenvalue weighted by Gasteiger charge is -2.15. The lowest BCUT2D eigenvalue weighted by Crippen LogP contribution is -2.23. The van der Waals surface area contributed by atoms with Crippen molar-refractivity contribution in [1.82, 2.24) is 10.2 Å². The molecule has 0 radical (unpaired) electrons. The maximum Gasteiger partial charge on any atom is 0.251 e. The fourth-order valence-electron chi connectivity index (χ4n) is 3.31. The highest BCUT2D eigenvalue weighted by Gasteiger charge is 2.12. The number of benzene rings is 2. The summed E-state index contributed by atoms with van der Waals surface area (Å²) in [7, 11) is 0. The van der Waals surface area contributed by atoms with Gasteiger partial charge in [-0.3, -0.25) is 9.69 Å². The van der Waals surface area contributed by atoms with Crippen LogP contribution in [0.25, 0.3) is 0 Å². The second-order valence-corrected chi connectivity index (χ2v) is 6.80. The number of aryl methyl sites for hydroxylation is 2. The minimum atomic E-state index is -0.00589. The smallest absolute Gasteiger partial charge is 0.251 e. The molecule has 2 aromatic carbocycles. The number of hydrogen-bond acceptors (Lipinski definition) is 2. The highest BCUT2D eigenvalue weighted by atomic mass is 16.1. The molecule has 1 aliphatic rings. The molecule has 0 aromatic heterocycles. The Hall–Kier alpha value is -2.13. The van der Waals surface area contributed by atoms with Gasteiger partial charge in [0.05, 0.1) is 0 Å². The number of nitrogens with one attached hydrogen (secondary N) is 1. The molecule has 1 aliphatic heterocycles. The van der Waals surface area contributed by atoms with Crippen molar-refractivity contribution in [2.24, 2.45) is 0 Å². The number of rotatable bonds is 5. The summed E-state index contributed by atoms with van der Waals surface area (Å²) >= 11 is 0. The monoisotopic (exact) mass is 322 g/mol. The molecule has 0 spiro atoms. The van der Waals surface area contributed by atoms with Crippen LogP contribution in [-0.2, 0) is 13.1 Å². The van der Waals surface area contributed by atoms with E-state index in [1.54, 1.807) is 0 Å². The lowest BCUT2D eigenvalue weighted by molar-refractivity contribution is 0.0950. The van der Waals surface area contributed by atoms with Crippen molar-refractivity contribution in [1.29, 1.82) is 0 Å². The molecule has 1 N–H and O–H groups in total. The van der Waals surface area contributed by atoms with Crippen LogP contribution in [-0.4, -0.2) is 23.9 Å². The molecule has 1 amide bonds. The molecular weight excluding hydrogens is 296 g/mol. The average molecular weight is 322 g/mol. The van der Waals surface area contributed by atoms with E-state index in [-0.39, 0.29) is 5.91 Å². The van der Waals surface area contributed by atoms with Crippen LogP contribution in [0, 0.1) is 13.8 Å². The minimum Gasteiger partial charge on any atom is -0.348 e. The van der Waals surface area contributed by atoms with E-state index in [2.05, 4.69) is 34.5 Å². The van der Waals surface area contributed by atoms with Gasteiger partial charge < -0.3 is 5.32 Å². The Morgan fingerprint density at radius 1 is 1.00 bits per heavy atom. The second-order valence-electron chi connectivity index (χ2n) is 6.80. The molecule has 1 fully saturated rings. The molecule has 1 saturated heterocycles. The summed E-state index contributed by atoms with van der Waals surface area (Å²) in [6, 6.07) is 14.5. The Morgan fingerprint density at radius 2 is 1.67 bits per heavy atom. The van der Waals surface area contributed by atoms with Gasteiger partial charge >= 0.3 is 0 Å². The van der Waals surface area contributed by atoms with Crippen molar-refractivity contribution in [3.05, 3.63) is 70.3 Å². The summed E-state index contributed by atoms with van der Waals surface area (Å²) in [5, 5.41) is 3.02. The molecule has 3 heteroatoms. The topological polar surface area (TPSA) is 32.3 Å². The number of hydrogen-bond donors (Lipinski definition) is 1. The zero-order valence-corrected chi connectivity index (χ0v) is 14.6. The van der Waals surface area contributed by atoms with Gasteiger partial charge in [-0.25, -0.2) is 0 Å². The van der Waals surface area contributed by atoms with Crippen LogP contribution in [0.15, 0.2) is 42.5 Å². The maximum atomic E-state index is 12.3. The normalized spacial score (nSPS) is 14.8. The van der Waals surface area contributed by atoms with Crippen molar-refractivity contribution in [3.63, 3.8) is 0 Å². The number of amides is 1. The van der Waals surface area contributed by atoms with E-state index >= 15 is 0 Å². The molecule has 3 rings (SSSR count). The molecule has 0 aliphatic carbocycles. The third-order valence-corrected chi connectivity index (χ3v) is 4.71. The number of carbonyl (C=O) groups excluding carboxylic acids is 1. The van der Waals surface area contributed by atoms with Gasteiger partial charge in [0.25, 0.3) is 5.91 Å². The van der Waals surface area contributed by atoms with Crippen LogP contribution >= 0.6 is 0 Å². The van der Waals surface area contributed by atoms with E-state index in [1.165, 1.54) is 37.1 Å². The summed E-state index contributed by atoms with van der Waals surface area (Å²) in [5.74, 6) is -0.00589. The predicted octanol–water partition coefficient (Wildman–Crippen LogP) is 3.83. The van der Waals surface area contributed by atoms with Crippen LogP contribution in [0.1, 0.15) is 45.5 Å². The van der Waals surface area contributed by atoms with Gasteiger partial charge in [0.2, 0.25) is 0 Å². The maximum absolute atomic E-state index is 12.3. The Balaban J connectivity index is 1.55. The molecule has 0 saturated carbocycles. The predicted molar refractivity (Wildman–Crippen MR) is 98.0 cm³/mol. The number of nitrogens with zero attached hydrogens (tertiary/aromatic N) is 1. The van der Waals surface area contributed by atoms with E-state index in [0.717, 1.165) is 23.2 Å². The van der Waals surface area contributed by atoms with E-state index in [9.17, 15) is 4.79 Å². The third kappa shape index (κ3) is 4.24. The SMILES string of the molecule is Cc1ccc(C(=O)NCc2ccc(CN3CCCC3)cc2)c(C)c1. The summed E-state index contributed by atoms with van der Waals surface area (Å²) in [6.07, 6.45) is 2.64. The number of likely N-dealkylation sites (tertiary alicyclic amines) is 1. The Labute approximate surface area is 144 Å². The molecule has 126 valence electrons. The largest absolute Gasteiger partial charge is 0.348 e. The molecule has 1 heterocycles. The van der Waals surface area contributed by atoms with Gasteiger partial charge in [-0.05, 0) is 62.5 Å². The first-order chi connectivity index (χ1) is 11.6. The summed E-state index contributed by atoms with van der Waals surface area (Å²) in [4.78, 5) is 14.8. The fourth-order valence-corrected chi connectivity index (χ4v) is 3.31. The summed E-state index contributed by atoms with van der Waals surface area (Å²) < 4.78 is 0. The molecule has 24 heavy (non-hydrogen) atoms.